The van der Waals surface area contributed by atoms with Gasteiger partial charge in [0.05, 0.1) is 23.9 Å². The van der Waals surface area contributed by atoms with Crippen LogP contribution in [0.3, 0.4) is 0 Å². The fourth-order valence-electron chi connectivity index (χ4n) is 1.30. The van der Waals surface area contributed by atoms with Gasteiger partial charge in [-0.05, 0) is 15.9 Å². The van der Waals surface area contributed by atoms with Gasteiger partial charge in [-0.15, -0.1) is 17.8 Å². The summed E-state index contributed by atoms with van der Waals surface area (Å²) in [6.45, 7) is 0.760. The number of halogens is 1. The van der Waals surface area contributed by atoms with Crippen LogP contribution in [0.5, 0.6) is 0 Å². The van der Waals surface area contributed by atoms with E-state index in [-0.39, 0.29) is 12.1 Å². The smallest absolute Gasteiger partial charge is 0.284 e. The minimum Gasteiger partial charge on any atom is -0.378 e. The first kappa shape index (κ1) is 12.8. The average molecular weight is 325 g/mol. The molecule has 1 N–H and O–H groups in total. The standard InChI is InChI=1S/C11H9BrN4OS/c1-2-3-16-11(17)10(12)9(6-15-16)14-5-8-4-13-7-18-8/h1,4,6-7,14H,3,5H2. The minimum atomic E-state index is -0.248. The van der Waals surface area contributed by atoms with E-state index in [4.69, 9.17) is 6.42 Å². The van der Waals surface area contributed by atoms with Gasteiger partial charge in [0.25, 0.3) is 5.56 Å². The number of thiazole rings is 1. The number of nitrogens with one attached hydrogen (secondary N) is 1. The van der Waals surface area contributed by atoms with E-state index in [1.165, 1.54) is 4.68 Å². The molecule has 0 saturated heterocycles. The molecular formula is C11H9BrN4OS. The highest BCUT2D eigenvalue weighted by Crippen LogP contribution is 2.17. The Bertz CT molecular complexity index is 629. The minimum absolute atomic E-state index is 0.159. The molecule has 0 spiro atoms. The lowest BCUT2D eigenvalue weighted by Gasteiger charge is -2.08. The van der Waals surface area contributed by atoms with E-state index < -0.39 is 0 Å². The topological polar surface area (TPSA) is 59.8 Å². The second-order valence-corrected chi connectivity index (χ2v) is 5.12. The van der Waals surface area contributed by atoms with Crippen LogP contribution in [0, 0.1) is 12.3 Å². The summed E-state index contributed by atoms with van der Waals surface area (Å²) in [5.74, 6) is 2.38. The summed E-state index contributed by atoms with van der Waals surface area (Å²) >= 11 is 4.79. The van der Waals surface area contributed by atoms with E-state index >= 15 is 0 Å². The van der Waals surface area contributed by atoms with Crippen molar-refractivity contribution in [2.24, 2.45) is 0 Å². The highest BCUT2D eigenvalue weighted by Gasteiger charge is 2.08. The lowest BCUT2D eigenvalue weighted by Crippen LogP contribution is -2.24. The third kappa shape index (κ3) is 2.78. The Morgan fingerprint density at radius 3 is 3.06 bits per heavy atom. The van der Waals surface area contributed by atoms with Gasteiger partial charge in [-0.1, -0.05) is 5.92 Å². The molecule has 2 aromatic heterocycles. The normalized spacial score (nSPS) is 10.0. The van der Waals surface area contributed by atoms with Crippen LogP contribution in [0.25, 0.3) is 0 Å². The fourth-order valence-corrected chi connectivity index (χ4v) is 2.28. The molecule has 0 aromatic carbocycles. The number of anilines is 1. The van der Waals surface area contributed by atoms with Crippen molar-refractivity contribution in [3.8, 4) is 12.3 Å². The third-order valence-electron chi connectivity index (χ3n) is 2.16. The molecule has 92 valence electrons. The molecule has 0 aliphatic carbocycles. The molecule has 0 fully saturated rings. The number of hydrogen-bond acceptors (Lipinski definition) is 5. The van der Waals surface area contributed by atoms with Crippen molar-refractivity contribution in [1.82, 2.24) is 14.8 Å². The monoisotopic (exact) mass is 324 g/mol. The quantitative estimate of drug-likeness (QED) is 0.870. The van der Waals surface area contributed by atoms with Crippen LogP contribution in [0.4, 0.5) is 5.69 Å². The second kappa shape index (κ2) is 5.80. The van der Waals surface area contributed by atoms with Crippen LogP contribution in [-0.4, -0.2) is 14.8 Å². The largest absolute Gasteiger partial charge is 0.378 e. The first-order valence-electron chi connectivity index (χ1n) is 5.02. The van der Waals surface area contributed by atoms with Crippen molar-refractivity contribution >= 4 is 33.0 Å². The van der Waals surface area contributed by atoms with Crippen LogP contribution >= 0.6 is 27.3 Å². The summed E-state index contributed by atoms with van der Waals surface area (Å²) in [6.07, 6.45) is 8.50. The predicted molar refractivity (Wildman–Crippen MR) is 74.5 cm³/mol. The Morgan fingerprint density at radius 1 is 1.56 bits per heavy atom. The van der Waals surface area contributed by atoms with E-state index in [1.54, 1.807) is 29.2 Å². The summed E-state index contributed by atoms with van der Waals surface area (Å²) < 4.78 is 1.65. The highest BCUT2D eigenvalue weighted by atomic mass is 79.9. The first-order chi connectivity index (χ1) is 8.72. The lowest BCUT2D eigenvalue weighted by atomic mass is 10.4. The molecule has 0 unspecified atom stereocenters. The molecule has 5 nitrogen and oxygen atoms in total. The highest BCUT2D eigenvalue weighted by molar-refractivity contribution is 9.10. The lowest BCUT2D eigenvalue weighted by molar-refractivity contribution is 0.659. The van der Waals surface area contributed by atoms with Crippen molar-refractivity contribution in [3.05, 3.63) is 37.6 Å². The van der Waals surface area contributed by atoms with Gasteiger partial charge >= 0.3 is 0 Å². The zero-order valence-corrected chi connectivity index (χ0v) is 11.7. The molecular weight excluding hydrogens is 316 g/mol. The number of nitrogens with zero attached hydrogens (tertiary/aromatic N) is 3. The van der Waals surface area contributed by atoms with E-state index in [0.717, 1.165) is 4.88 Å². The van der Waals surface area contributed by atoms with Crippen molar-refractivity contribution in [2.45, 2.75) is 13.1 Å². The molecule has 0 aliphatic rings. The Balaban J connectivity index is 2.17. The van der Waals surface area contributed by atoms with Crippen LogP contribution in [0.2, 0.25) is 0 Å². The van der Waals surface area contributed by atoms with Gasteiger partial charge in [0, 0.05) is 11.1 Å². The molecule has 0 bridgehead atoms. The molecule has 2 aromatic rings. The van der Waals surface area contributed by atoms with Gasteiger partial charge in [-0.3, -0.25) is 9.78 Å². The predicted octanol–water partition coefficient (Wildman–Crippen LogP) is 1.71. The van der Waals surface area contributed by atoms with Gasteiger partial charge in [0.2, 0.25) is 0 Å². The van der Waals surface area contributed by atoms with Crippen LogP contribution < -0.4 is 10.9 Å². The zero-order valence-electron chi connectivity index (χ0n) is 9.26. The molecule has 0 radical (unpaired) electrons. The maximum atomic E-state index is 11.8. The summed E-state index contributed by atoms with van der Waals surface area (Å²) in [6, 6.07) is 0. The molecule has 0 atom stereocenters. The van der Waals surface area contributed by atoms with Gasteiger partial charge in [-0.25, -0.2) is 4.68 Å². The van der Waals surface area contributed by atoms with Crippen LogP contribution in [0.15, 0.2) is 27.2 Å². The summed E-state index contributed by atoms with van der Waals surface area (Å²) in [7, 11) is 0. The SMILES string of the molecule is C#CCn1ncc(NCc2cncs2)c(Br)c1=O. The van der Waals surface area contributed by atoms with E-state index in [0.29, 0.717) is 16.7 Å². The van der Waals surface area contributed by atoms with E-state index in [1.807, 2.05) is 0 Å². The molecule has 2 heterocycles. The molecule has 0 aliphatic heterocycles. The average Bonchev–Trinajstić information content (AvgIpc) is 2.87. The van der Waals surface area contributed by atoms with Crippen molar-refractivity contribution in [3.63, 3.8) is 0 Å². The number of terminal acetylenes is 1. The Kier molecular flexibility index (Phi) is 4.12. The number of hydrogen-bond donors (Lipinski definition) is 1. The molecule has 0 amide bonds. The first-order valence-corrected chi connectivity index (χ1v) is 6.70. The molecule has 18 heavy (non-hydrogen) atoms. The van der Waals surface area contributed by atoms with E-state index in [2.05, 4.69) is 37.2 Å². The Hall–Kier alpha value is -1.65. The van der Waals surface area contributed by atoms with Crippen molar-refractivity contribution < 1.29 is 0 Å². The van der Waals surface area contributed by atoms with Gasteiger partial charge in [-0.2, -0.15) is 5.10 Å². The van der Waals surface area contributed by atoms with Crippen molar-refractivity contribution in [1.29, 1.82) is 0 Å². The Labute approximate surface area is 116 Å². The van der Waals surface area contributed by atoms with Gasteiger partial charge < -0.3 is 5.32 Å². The zero-order chi connectivity index (χ0) is 13.0. The number of aromatic nitrogens is 3. The maximum Gasteiger partial charge on any atom is 0.284 e. The van der Waals surface area contributed by atoms with Gasteiger partial charge in [0.15, 0.2) is 0 Å². The van der Waals surface area contributed by atoms with Gasteiger partial charge in [0.1, 0.15) is 11.0 Å². The summed E-state index contributed by atoms with van der Waals surface area (Å²) in [5.41, 5.74) is 2.15. The molecule has 2 rings (SSSR count). The summed E-state index contributed by atoms with van der Waals surface area (Å²) in [5, 5.41) is 7.11. The summed E-state index contributed by atoms with van der Waals surface area (Å²) in [4.78, 5) is 16.9. The van der Waals surface area contributed by atoms with Crippen LogP contribution in [0.1, 0.15) is 4.88 Å². The fraction of sp³-hybridized carbons (Fsp3) is 0.182. The van der Waals surface area contributed by atoms with Crippen LogP contribution in [-0.2, 0) is 13.1 Å². The molecule has 7 heteroatoms. The van der Waals surface area contributed by atoms with Crippen molar-refractivity contribution in [2.75, 3.05) is 5.32 Å². The third-order valence-corrected chi connectivity index (χ3v) is 3.71. The van der Waals surface area contributed by atoms with E-state index in [9.17, 15) is 4.79 Å². The second-order valence-electron chi connectivity index (χ2n) is 3.36. The molecule has 0 saturated carbocycles. The Morgan fingerprint density at radius 2 is 2.39 bits per heavy atom. The number of rotatable bonds is 4. The maximum absolute atomic E-state index is 11.8.